The van der Waals surface area contributed by atoms with Gasteiger partial charge in [0.2, 0.25) is 0 Å². The molecule has 1 rings (SSSR count). The molecular formula is C14H19F3N2O3. The number of carbonyl (C=O) groups is 1. The summed E-state index contributed by atoms with van der Waals surface area (Å²) in [5.41, 5.74) is -0.762. The minimum atomic E-state index is -4.48. The van der Waals surface area contributed by atoms with Crippen molar-refractivity contribution in [3.8, 4) is 0 Å². The van der Waals surface area contributed by atoms with E-state index in [1.165, 1.54) is 19.2 Å². The topological polar surface area (TPSA) is 70.6 Å². The Morgan fingerprint density at radius 1 is 1.41 bits per heavy atom. The van der Waals surface area contributed by atoms with Crippen molar-refractivity contribution < 1.29 is 27.8 Å². The van der Waals surface area contributed by atoms with E-state index in [1.807, 2.05) is 0 Å². The number of rotatable bonds is 6. The highest BCUT2D eigenvalue weighted by atomic mass is 19.4. The first-order chi connectivity index (χ1) is 10.2. The third-order valence-electron chi connectivity index (χ3n) is 2.85. The van der Waals surface area contributed by atoms with Crippen molar-refractivity contribution in [3.63, 3.8) is 0 Å². The number of aliphatic hydroxyl groups is 1. The molecule has 2 unspecified atom stereocenters. The smallest absolute Gasteiger partial charge is 0.387 e. The Morgan fingerprint density at radius 2 is 2.09 bits per heavy atom. The van der Waals surface area contributed by atoms with Gasteiger partial charge in [-0.1, -0.05) is 12.1 Å². The largest absolute Gasteiger partial charge is 0.416 e. The first-order valence-corrected chi connectivity index (χ1v) is 6.62. The van der Waals surface area contributed by atoms with E-state index in [-0.39, 0.29) is 18.2 Å². The second kappa shape index (κ2) is 8.00. The highest BCUT2D eigenvalue weighted by Crippen LogP contribution is 2.30. The van der Waals surface area contributed by atoms with Crippen molar-refractivity contribution in [2.24, 2.45) is 0 Å². The molecule has 124 valence electrons. The number of urea groups is 1. The van der Waals surface area contributed by atoms with Crippen molar-refractivity contribution in [1.29, 1.82) is 0 Å². The van der Waals surface area contributed by atoms with Crippen LogP contribution in [0.2, 0.25) is 0 Å². The van der Waals surface area contributed by atoms with Crippen LogP contribution >= 0.6 is 0 Å². The van der Waals surface area contributed by atoms with Gasteiger partial charge in [-0.3, -0.25) is 0 Å². The molecule has 0 bridgehead atoms. The van der Waals surface area contributed by atoms with E-state index in [1.54, 1.807) is 6.92 Å². The molecule has 0 aliphatic heterocycles. The summed E-state index contributed by atoms with van der Waals surface area (Å²) in [4.78, 5) is 11.5. The predicted molar refractivity (Wildman–Crippen MR) is 74.3 cm³/mol. The van der Waals surface area contributed by atoms with E-state index in [0.29, 0.717) is 6.61 Å². The number of amides is 2. The molecule has 5 nitrogen and oxygen atoms in total. The molecule has 1 aromatic rings. The van der Waals surface area contributed by atoms with Crippen LogP contribution in [0.5, 0.6) is 0 Å². The summed E-state index contributed by atoms with van der Waals surface area (Å²) in [7, 11) is 1.49. The Labute approximate surface area is 126 Å². The summed E-state index contributed by atoms with van der Waals surface area (Å²) in [5.74, 6) is 0. The molecule has 0 aliphatic carbocycles. The monoisotopic (exact) mass is 320 g/mol. The van der Waals surface area contributed by atoms with Gasteiger partial charge < -0.3 is 20.5 Å². The number of ether oxygens (including phenoxy) is 1. The second-order valence-corrected chi connectivity index (χ2v) is 4.85. The molecule has 0 aromatic heterocycles. The van der Waals surface area contributed by atoms with Crippen molar-refractivity contribution >= 4 is 6.03 Å². The van der Waals surface area contributed by atoms with Crippen molar-refractivity contribution in [3.05, 3.63) is 35.4 Å². The highest BCUT2D eigenvalue weighted by molar-refractivity contribution is 5.74. The van der Waals surface area contributed by atoms with Crippen LogP contribution in [0.4, 0.5) is 18.0 Å². The Bertz CT molecular complexity index is 494. The lowest BCUT2D eigenvalue weighted by atomic mass is 10.1. The molecule has 0 aliphatic rings. The molecule has 0 saturated heterocycles. The fraction of sp³-hybridized carbons (Fsp3) is 0.500. The summed E-state index contributed by atoms with van der Waals surface area (Å²) >= 11 is 0. The number of nitrogens with one attached hydrogen (secondary N) is 2. The summed E-state index contributed by atoms with van der Waals surface area (Å²) in [6, 6.07) is 3.60. The number of benzene rings is 1. The van der Waals surface area contributed by atoms with Crippen LogP contribution in [0.25, 0.3) is 0 Å². The van der Waals surface area contributed by atoms with Gasteiger partial charge in [0, 0.05) is 13.7 Å². The maximum absolute atomic E-state index is 12.6. The molecule has 0 saturated carbocycles. The lowest BCUT2D eigenvalue weighted by Gasteiger charge is -2.17. The van der Waals surface area contributed by atoms with E-state index >= 15 is 0 Å². The van der Waals surface area contributed by atoms with Gasteiger partial charge in [0.15, 0.2) is 0 Å². The Kier molecular flexibility index (Phi) is 6.63. The van der Waals surface area contributed by atoms with Crippen molar-refractivity contribution in [1.82, 2.24) is 10.6 Å². The normalized spacial score (nSPS) is 14.3. The average Bonchev–Trinajstić information content (AvgIpc) is 2.44. The third kappa shape index (κ3) is 5.90. The minimum absolute atomic E-state index is 0.0834. The number of hydrogen-bond donors (Lipinski definition) is 3. The summed E-state index contributed by atoms with van der Waals surface area (Å²) in [6.45, 7) is 1.85. The van der Waals surface area contributed by atoms with Gasteiger partial charge >= 0.3 is 12.2 Å². The molecule has 1 aromatic carbocycles. The maximum atomic E-state index is 12.6. The van der Waals surface area contributed by atoms with E-state index in [2.05, 4.69) is 10.6 Å². The van der Waals surface area contributed by atoms with E-state index < -0.39 is 23.9 Å². The van der Waals surface area contributed by atoms with Gasteiger partial charge in [-0.25, -0.2) is 4.79 Å². The zero-order valence-corrected chi connectivity index (χ0v) is 12.3. The SMILES string of the molecule is COCC(C)NC(=O)NCC(O)c1cccc(C(F)(F)F)c1. The van der Waals surface area contributed by atoms with Crippen molar-refractivity contribution in [2.45, 2.75) is 25.2 Å². The van der Waals surface area contributed by atoms with E-state index in [0.717, 1.165) is 12.1 Å². The molecule has 0 spiro atoms. The first kappa shape index (κ1) is 18.2. The Balaban J connectivity index is 2.55. The van der Waals surface area contributed by atoms with Crippen LogP contribution in [-0.2, 0) is 10.9 Å². The standard InChI is InChI=1S/C14H19F3N2O3/c1-9(8-22-2)19-13(21)18-7-12(20)10-4-3-5-11(6-10)14(15,16)17/h3-6,9,12,20H,7-8H2,1-2H3,(H2,18,19,21). The molecule has 3 N–H and O–H groups in total. The van der Waals surface area contributed by atoms with E-state index in [9.17, 15) is 23.1 Å². The van der Waals surface area contributed by atoms with Gasteiger partial charge in [0.25, 0.3) is 0 Å². The summed E-state index contributed by atoms with van der Waals surface area (Å²) in [6.07, 6.45) is -5.71. The van der Waals surface area contributed by atoms with E-state index in [4.69, 9.17) is 4.74 Å². The number of carbonyl (C=O) groups excluding carboxylic acids is 1. The fourth-order valence-electron chi connectivity index (χ4n) is 1.80. The second-order valence-electron chi connectivity index (χ2n) is 4.85. The van der Waals surface area contributed by atoms with Crippen LogP contribution in [-0.4, -0.2) is 37.4 Å². The van der Waals surface area contributed by atoms with Crippen LogP contribution < -0.4 is 10.6 Å². The average molecular weight is 320 g/mol. The summed E-state index contributed by atoms with van der Waals surface area (Å²) in [5, 5.41) is 14.8. The molecule has 22 heavy (non-hydrogen) atoms. The van der Waals surface area contributed by atoms with Crippen LogP contribution in [0.15, 0.2) is 24.3 Å². The maximum Gasteiger partial charge on any atom is 0.416 e. The number of hydrogen-bond acceptors (Lipinski definition) is 3. The fourth-order valence-corrected chi connectivity index (χ4v) is 1.80. The highest BCUT2D eigenvalue weighted by Gasteiger charge is 2.30. The van der Waals surface area contributed by atoms with Crippen LogP contribution in [0, 0.1) is 0 Å². The predicted octanol–water partition coefficient (Wildman–Crippen LogP) is 2.07. The molecule has 0 heterocycles. The van der Waals surface area contributed by atoms with Gasteiger partial charge in [-0.2, -0.15) is 13.2 Å². The first-order valence-electron chi connectivity index (χ1n) is 6.62. The van der Waals surface area contributed by atoms with Crippen LogP contribution in [0.3, 0.4) is 0 Å². The van der Waals surface area contributed by atoms with Crippen LogP contribution in [0.1, 0.15) is 24.2 Å². The van der Waals surface area contributed by atoms with Crippen molar-refractivity contribution in [2.75, 3.05) is 20.3 Å². The number of methoxy groups -OCH3 is 1. The molecule has 2 atom stereocenters. The molecule has 2 amide bonds. The Hall–Kier alpha value is -1.80. The van der Waals surface area contributed by atoms with Gasteiger partial charge in [0.05, 0.1) is 24.3 Å². The quantitative estimate of drug-likeness (QED) is 0.751. The zero-order chi connectivity index (χ0) is 16.8. The summed E-state index contributed by atoms with van der Waals surface area (Å²) < 4.78 is 42.6. The number of aliphatic hydroxyl groups excluding tert-OH is 1. The molecule has 0 fully saturated rings. The third-order valence-corrected chi connectivity index (χ3v) is 2.85. The lowest BCUT2D eigenvalue weighted by molar-refractivity contribution is -0.137. The number of halogens is 3. The minimum Gasteiger partial charge on any atom is -0.387 e. The lowest BCUT2D eigenvalue weighted by Crippen LogP contribution is -2.43. The molecule has 0 radical (unpaired) electrons. The zero-order valence-electron chi connectivity index (χ0n) is 12.3. The Morgan fingerprint density at radius 3 is 2.68 bits per heavy atom. The van der Waals surface area contributed by atoms with Gasteiger partial charge in [0.1, 0.15) is 0 Å². The van der Waals surface area contributed by atoms with Gasteiger partial charge in [-0.15, -0.1) is 0 Å². The number of alkyl halides is 3. The van der Waals surface area contributed by atoms with Gasteiger partial charge in [-0.05, 0) is 24.6 Å². The molecular weight excluding hydrogens is 301 g/mol. The molecule has 8 heteroatoms.